The van der Waals surface area contributed by atoms with Crippen molar-refractivity contribution in [3.05, 3.63) is 35.9 Å². The summed E-state index contributed by atoms with van der Waals surface area (Å²) in [6.45, 7) is 2.79. The molecule has 1 amide bonds. The number of hydrogen-bond donors (Lipinski definition) is 2. The smallest absolute Gasteiger partial charge is 0.224 e. The van der Waals surface area contributed by atoms with Gasteiger partial charge in [-0.1, -0.05) is 49.6 Å². The highest BCUT2D eigenvalue weighted by Gasteiger charge is 2.41. The summed E-state index contributed by atoms with van der Waals surface area (Å²) in [5.74, 6) is 0.126. The van der Waals surface area contributed by atoms with Gasteiger partial charge in [-0.05, 0) is 38.2 Å². The van der Waals surface area contributed by atoms with Crippen LogP contribution in [0.2, 0.25) is 0 Å². The van der Waals surface area contributed by atoms with E-state index < -0.39 is 0 Å². The lowest BCUT2D eigenvalue weighted by atomic mass is 9.64. The average molecular weight is 300 g/mol. The van der Waals surface area contributed by atoms with Gasteiger partial charge in [-0.25, -0.2) is 0 Å². The fourth-order valence-electron chi connectivity index (χ4n) is 4.13. The molecule has 22 heavy (non-hydrogen) atoms. The summed E-state index contributed by atoms with van der Waals surface area (Å²) < 4.78 is 0. The summed E-state index contributed by atoms with van der Waals surface area (Å²) in [5.41, 5.74) is 7.52. The van der Waals surface area contributed by atoms with Gasteiger partial charge >= 0.3 is 0 Å². The van der Waals surface area contributed by atoms with Crippen molar-refractivity contribution in [1.82, 2.24) is 5.32 Å². The fraction of sp³-hybridized carbons (Fsp3) is 0.632. The molecule has 0 saturated heterocycles. The first-order valence-electron chi connectivity index (χ1n) is 8.66. The molecule has 1 aromatic rings. The normalized spacial score (nSPS) is 30.4. The van der Waals surface area contributed by atoms with Crippen molar-refractivity contribution >= 4 is 5.91 Å². The number of nitrogens with two attached hydrogens (primary N) is 1. The van der Waals surface area contributed by atoms with Crippen LogP contribution in [0.15, 0.2) is 30.3 Å². The molecule has 120 valence electrons. The Morgan fingerprint density at radius 1 is 1.18 bits per heavy atom. The molecule has 0 spiro atoms. The molecule has 0 aliphatic heterocycles. The molecule has 3 rings (SSSR count). The molecule has 0 bridgehead atoms. The largest absolute Gasteiger partial charge is 0.355 e. The van der Waals surface area contributed by atoms with E-state index in [4.69, 9.17) is 5.73 Å². The highest BCUT2D eigenvalue weighted by molar-refractivity contribution is 5.80. The molecule has 2 saturated carbocycles. The second-order valence-corrected chi connectivity index (χ2v) is 7.52. The minimum Gasteiger partial charge on any atom is -0.355 e. The predicted molar refractivity (Wildman–Crippen MR) is 89.5 cm³/mol. The zero-order valence-corrected chi connectivity index (χ0v) is 13.6. The second kappa shape index (κ2) is 6.04. The van der Waals surface area contributed by atoms with Gasteiger partial charge in [0.1, 0.15) is 0 Å². The van der Waals surface area contributed by atoms with E-state index in [0.717, 1.165) is 32.2 Å². The Labute approximate surface area is 133 Å². The molecule has 2 aliphatic carbocycles. The van der Waals surface area contributed by atoms with E-state index in [1.165, 1.54) is 24.8 Å². The zero-order valence-electron chi connectivity index (χ0n) is 13.6. The Hall–Kier alpha value is -1.35. The Morgan fingerprint density at radius 2 is 1.91 bits per heavy atom. The number of carbonyl (C=O) groups excluding carboxylic acids is 1. The third-order valence-corrected chi connectivity index (χ3v) is 5.87. The van der Waals surface area contributed by atoms with Gasteiger partial charge in [-0.2, -0.15) is 0 Å². The maximum absolute atomic E-state index is 12.6. The monoisotopic (exact) mass is 300 g/mol. The number of amides is 1. The van der Waals surface area contributed by atoms with E-state index >= 15 is 0 Å². The molecular formula is C19H28N2O. The lowest BCUT2D eigenvalue weighted by Gasteiger charge is -2.44. The van der Waals surface area contributed by atoms with Crippen LogP contribution < -0.4 is 11.1 Å². The predicted octanol–water partition coefficient (Wildman–Crippen LogP) is 3.13. The van der Waals surface area contributed by atoms with Gasteiger partial charge in [0.2, 0.25) is 5.91 Å². The summed E-state index contributed by atoms with van der Waals surface area (Å²) in [6.07, 6.45) is 7.73. The number of carbonyl (C=O) groups is 1. The van der Waals surface area contributed by atoms with Gasteiger partial charge < -0.3 is 11.1 Å². The molecule has 2 atom stereocenters. The van der Waals surface area contributed by atoms with Gasteiger partial charge in [0.05, 0.1) is 5.92 Å². The topological polar surface area (TPSA) is 55.1 Å². The van der Waals surface area contributed by atoms with Gasteiger partial charge in [-0.15, -0.1) is 0 Å². The summed E-state index contributed by atoms with van der Waals surface area (Å²) in [6, 6.07) is 10.6. The number of hydrogen-bond acceptors (Lipinski definition) is 2. The third kappa shape index (κ3) is 2.91. The van der Waals surface area contributed by atoms with Crippen molar-refractivity contribution in [2.45, 2.75) is 62.8 Å². The van der Waals surface area contributed by atoms with Crippen molar-refractivity contribution in [2.24, 2.45) is 11.7 Å². The molecule has 1 aromatic carbocycles. The minimum atomic E-state index is -0.345. The van der Waals surface area contributed by atoms with E-state index in [1.807, 2.05) is 6.92 Å². The summed E-state index contributed by atoms with van der Waals surface area (Å²) in [7, 11) is 0. The van der Waals surface area contributed by atoms with Crippen LogP contribution in [0, 0.1) is 5.92 Å². The molecule has 0 aromatic heterocycles. The van der Waals surface area contributed by atoms with E-state index in [9.17, 15) is 4.79 Å². The first-order chi connectivity index (χ1) is 10.5. The van der Waals surface area contributed by atoms with E-state index in [1.54, 1.807) is 0 Å². The highest BCUT2D eigenvalue weighted by Crippen LogP contribution is 2.43. The van der Waals surface area contributed by atoms with Crippen molar-refractivity contribution in [1.29, 1.82) is 0 Å². The SMILES string of the molecule is CC1(N)CCCCC1C(=O)NCC1(c2ccccc2)CCC1. The van der Waals surface area contributed by atoms with Crippen molar-refractivity contribution in [3.8, 4) is 0 Å². The Kier molecular flexibility index (Phi) is 4.26. The van der Waals surface area contributed by atoms with Crippen LogP contribution in [0.1, 0.15) is 57.4 Å². The molecule has 3 N–H and O–H groups in total. The molecule has 2 aliphatic rings. The van der Waals surface area contributed by atoms with Crippen LogP contribution in [0.4, 0.5) is 0 Å². The van der Waals surface area contributed by atoms with E-state index in [-0.39, 0.29) is 22.8 Å². The molecule has 2 unspecified atom stereocenters. The van der Waals surface area contributed by atoms with Crippen molar-refractivity contribution in [3.63, 3.8) is 0 Å². The lowest BCUT2D eigenvalue weighted by Crippen LogP contribution is -2.55. The zero-order chi connectivity index (χ0) is 15.6. The highest BCUT2D eigenvalue weighted by atomic mass is 16.1. The summed E-state index contributed by atoms with van der Waals surface area (Å²) >= 11 is 0. The van der Waals surface area contributed by atoms with Crippen LogP contribution in [0.25, 0.3) is 0 Å². The molecule has 3 heteroatoms. The van der Waals surface area contributed by atoms with Crippen LogP contribution in [-0.2, 0) is 10.2 Å². The van der Waals surface area contributed by atoms with Gasteiger partial charge in [0, 0.05) is 17.5 Å². The van der Waals surface area contributed by atoms with Gasteiger partial charge in [0.25, 0.3) is 0 Å². The number of benzene rings is 1. The van der Waals surface area contributed by atoms with E-state index in [0.29, 0.717) is 0 Å². The Balaban J connectivity index is 1.65. The maximum Gasteiger partial charge on any atom is 0.224 e. The summed E-state index contributed by atoms with van der Waals surface area (Å²) in [4.78, 5) is 12.6. The minimum absolute atomic E-state index is 0.0332. The number of rotatable bonds is 4. The fourth-order valence-corrected chi connectivity index (χ4v) is 4.13. The Morgan fingerprint density at radius 3 is 2.50 bits per heavy atom. The van der Waals surface area contributed by atoms with Crippen LogP contribution in [0.3, 0.4) is 0 Å². The maximum atomic E-state index is 12.6. The van der Waals surface area contributed by atoms with Gasteiger partial charge in [-0.3, -0.25) is 4.79 Å². The lowest BCUT2D eigenvalue weighted by molar-refractivity contribution is -0.128. The van der Waals surface area contributed by atoms with Crippen LogP contribution in [-0.4, -0.2) is 18.0 Å². The van der Waals surface area contributed by atoms with Crippen LogP contribution in [0.5, 0.6) is 0 Å². The average Bonchev–Trinajstić information content (AvgIpc) is 2.46. The standard InChI is InChI=1S/C19H28N2O/c1-18(20)11-6-5-10-16(18)17(22)21-14-19(12-7-13-19)15-8-3-2-4-9-15/h2-4,8-9,16H,5-7,10-14,20H2,1H3,(H,21,22). The molecule has 0 radical (unpaired) electrons. The third-order valence-electron chi connectivity index (χ3n) is 5.87. The van der Waals surface area contributed by atoms with Gasteiger partial charge in [0.15, 0.2) is 0 Å². The molecule has 3 nitrogen and oxygen atoms in total. The number of nitrogens with one attached hydrogen (secondary N) is 1. The first-order valence-corrected chi connectivity index (χ1v) is 8.66. The van der Waals surface area contributed by atoms with Crippen LogP contribution >= 0.6 is 0 Å². The summed E-state index contributed by atoms with van der Waals surface area (Å²) in [5, 5.41) is 3.23. The van der Waals surface area contributed by atoms with E-state index in [2.05, 4.69) is 35.6 Å². The molecule has 0 heterocycles. The first kappa shape index (κ1) is 15.5. The Bertz CT molecular complexity index is 519. The second-order valence-electron chi connectivity index (χ2n) is 7.52. The molecular weight excluding hydrogens is 272 g/mol. The van der Waals surface area contributed by atoms with Crippen molar-refractivity contribution < 1.29 is 4.79 Å². The van der Waals surface area contributed by atoms with Crippen molar-refractivity contribution in [2.75, 3.05) is 6.54 Å². The molecule has 2 fully saturated rings. The quantitative estimate of drug-likeness (QED) is 0.897.